The van der Waals surface area contributed by atoms with Gasteiger partial charge in [-0.25, -0.2) is 9.18 Å². The molecule has 116 valence electrons. The fourth-order valence-electron chi connectivity index (χ4n) is 2.16. The van der Waals surface area contributed by atoms with Crippen molar-refractivity contribution in [2.24, 2.45) is 0 Å². The Balaban J connectivity index is 2.15. The molecule has 0 aliphatic carbocycles. The topological polar surface area (TPSA) is 68.5 Å². The van der Waals surface area contributed by atoms with Gasteiger partial charge in [-0.3, -0.25) is 4.90 Å². The third kappa shape index (κ3) is 3.59. The zero-order valence-electron chi connectivity index (χ0n) is 12.7. The molecule has 2 rings (SSSR count). The van der Waals surface area contributed by atoms with Crippen molar-refractivity contribution in [3.05, 3.63) is 17.8 Å². The smallest absolute Gasteiger partial charge is 0.410 e. The normalized spacial score (nSPS) is 20.0. The molecule has 1 atom stereocenters. The predicted octanol–water partition coefficient (Wildman–Crippen LogP) is 3.47. The standard InChI is InChI=1S/C14H20FN3O3/c1-5-9(15)12-16-11(17-21-12)10-7-6-8-18(10)13(19)20-14(2,3)4/h5,10H,6-8H2,1-4H3/b9-5-. The number of hydrogen-bond acceptors (Lipinski definition) is 5. The molecular formula is C14H20FN3O3. The van der Waals surface area contributed by atoms with Crippen molar-refractivity contribution < 1.29 is 18.4 Å². The monoisotopic (exact) mass is 297 g/mol. The van der Waals surface area contributed by atoms with Crippen LogP contribution in [0.3, 0.4) is 0 Å². The maximum absolute atomic E-state index is 13.4. The summed E-state index contributed by atoms with van der Waals surface area (Å²) in [6.07, 6.45) is 2.36. The van der Waals surface area contributed by atoms with E-state index in [1.807, 2.05) is 20.8 Å². The Labute approximate surface area is 123 Å². The molecule has 0 aromatic carbocycles. The highest BCUT2D eigenvalue weighted by Crippen LogP contribution is 2.32. The van der Waals surface area contributed by atoms with Gasteiger partial charge >= 0.3 is 6.09 Å². The first kappa shape index (κ1) is 15.5. The van der Waals surface area contributed by atoms with Gasteiger partial charge in [0, 0.05) is 6.54 Å². The van der Waals surface area contributed by atoms with Crippen molar-refractivity contribution in [3.63, 3.8) is 0 Å². The highest BCUT2D eigenvalue weighted by molar-refractivity contribution is 5.69. The Morgan fingerprint density at radius 2 is 2.24 bits per heavy atom. The molecule has 0 N–H and O–H groups in total. The summed E-state index contributed by atoms with van der Waals surface area (Å²) in [4.78, 5) is 17.8. The minimum Gasteiger partial charge on any atom is -0.444 e. The highest BCUT2D eigenvalue weighted by atomic mass is 19.1. The summed E-state index contributed by atoms with van der Waals surface area (Å²) < 4.78 is 23.6. The fraction of sp³-hybridized carbons (Fsp3) is 0.643. The number of ether oxygens (including phenoxy) is 1. The lowest BCUT2D eigenvalue weighted by atomic mass is 10.2. The number of hydrogen-bond donors (Lipinski definition) is 0. The van der Waals surface area contributed by atoms with Gasteiger partial charge in [-0.2, -0.15) is 4.98 Å². The second kappa shape index (κ2) is 5.83. The quantitative estimate of drug-likeness (QED) is 0.836. The Morgan fingerprint density at radius 1 is 1.52 bits per heavy atom. The molecule has 0 spiro atoms. The van der Waals surface area contributed by atoms with E-state index >= 15 is 0 Å². The largest absolute Gasteiger partial charge is 0.444 e. The first-order valence-corrected chi connectivity index (χ1v) is 6.97. The minimum atomic E-state index is -0.574. The molecule has 6 nitrogen and oxygen atoms in total. The number of allylic oxidation sites excluding steroid dienone is 1. The fourth-order valence-corrected chi connectivity index (χ4v) is 2.16. The summed E-state index contributed by atoms with van der Waals surface area (Å²) >= 11 is 0. The molecule has 1 saturated heterocycles. The first-order chi connectivity index (χ1) is 9.81. The van der Waals surface area contributed by atoms with Crippen molar-refractivity contribution in [2.45, 2.75) is 52.2 Å². The molecular weight excluding hydrogens is 277 g/mol. The molecule has 0 bridgehead atoms. The zero-order chi connectivity index (χ0) is 15.6. The van der Waals surface area contributed by atoms with E-state index < -0.39 is 17.5 Å². The molecule has 1 aliphatic rings. The molecule has 1 aromatic rings. The Bertz CT molecular complexity index is 548. The lowest BCUT2D eigenvalue weighted by molar-refractivity contribution is 0.0217. The van der Waals surface area contributed by atoms with Gasteiger partial charge in [0.25, 0.3) is 5.89 Å². The number of carbonyl (C=O) groups excluding carboxylic acids is 1. The third-order valence-electron chi connectivity index (χ3n) is 3.08. The summed E-state index contributed by atoms with van der Waals surface area (Å²) in [5, 5.41) is 3.78. The van der Waals surface area contributed by atoms with Crippen LogP contribution in [0.5, 0.6) is 0 Å². The number of amides is 1. The summed E-state index contributed by atoms with van der Waals surface area (Å²) in [6.45, 7) is 7.54. The summed E-state index contributed by atoms with van der Waals surface area (Å²) in [5.74, 6) is -0.426. The van der Waals surface area contributed by atoms with E-state index in [-0.39, 0.29) is 11.9 Å². The van der Waals surface area contributed by atoms with Crippen LogP contribution in [0, 0.1) is 0 Å². The predicted molar refractivity (Wildman–Crippen MR) is 74.0 cm³/mol. The molecule has 0 radical (unpaired) electrons. The van der Waals surface area contributed by atoms with Crippen LogP contribution in [-0.2, 0) is 4.74 Å². The minimum absolute atomic E-state index is 0.163. The second-order valence-electron chi connectivity index (χ2n) is 5.93. The van der Waals surface area contributed by atoms with Crippen molar-refractivity contribution in [1.29, 1.82) is 0 Å². The average molecular weight is 297 g/mol. The van der Waals surface area contributed by atoms with Crippen LogP contribution in [0.25, 0.3) is 5.83 Å². The van der Waals surface area contributed by atoms with Gasteiger partial charge in [0.15, 0.2) is 11.7 Å². The van der Waals surface area contributed by atoms with E-state index in [0.717, 1.165) is 6.42 Å². The van der Waals surface area contributed by atoms with Crippen LogP contribution in [0.2, 0.25) is 0 Å². The molecule has 1 aliphatic heterocycles. The van der Waals surface area contributed by atoms with Gasteiger partial charge < -0.3 is 9.26 Å². The number of carbonyl (C=O) groups is 1. The van der Waals surface area contributed by atoms with Crippen molar-refractivity contribution in [3.8, 4) is 0 Å². The van der Waals surface area contributed by atoms with Crippen LogP contribution in [-0.4, -0.2) is 33.3 Å². The van der Waals surface area contributed by atoms with Crippen molar-refractivity contribution in [2.75, 3.05) is 6.54 Å². The van der Waals surface area contributed by atoms with Crippen molar-refractivity contribution in [1.82, 2.24) is 15.0 Å². The molecule has 7 heteroatoms. The number of halogens is 1. The molecule has 2 heterocycles. The maximum atomic E-state index is 13.4. The third-order valence-corrected chi connectivity index (χ3v) is 3.08. The number of rotatable bonds is 2. The van der Waals surface area contributed by atoms with E-state index in [0.29, 0.717) is 18.8 Å². The van der Waals surface area contributed by atoms with Crippen LogP contribution in [0.1, 0.15) is 58.3 Å². The van der Waals surface area contributed by atoms with E-state index in [2.05, 4.69) is 10.1 Å². The SMILES string of the molecule is C/C=C(\F)c1nc(C2CCCN2C(=O)OC(C)(C)C)no1. The van der Waals surface area contributed by atoms with E-state index in [1.54, 1.807) is 11.8 Å². The number of likely N-dealkylation sites (tertiary alicyclic amines) is 1. The van der Waals surface area contributed by atoms with E-state index in [9.17, 15) is 9.18 Å². The van der Waals surface area contributed by atoms with Gasteiger partial charge in [-0.15, -0.1) is 0 Å². The van der Waals surface area contributed by atoms with Gasteiger partial charge in [0.1, 0.15) is 5.60 Å². The molecule has 1 amide bonds. The maximum Gasteiger partial charge on any atom is 0.410 e. The number of nitrogens with zero attached hydrogens (tertiary/aromatic N) is 3. The summed E-state index contributed by atoms with van der Waals surface area (Å²) in [6, 6.07) is -0.331. The van der Waals surface area contributed by atoms with Crippen LogP contribution in [0.4, 0.5) is 9.18 Å². The Morgan fingerprint density at radius 3 is 2.86 bits per heavy atom. The highest BCUT2D eigenvalue weighted by Gasteiger charge is 2.36. The van der Waals surface area contributed by atoms with Crippen LogP contribution >= 0.6 is 0 Å². The first-order valence-electron chi connectivity index (χ1n) is 6.97. The molecule has 0 saturated carbocycles. The lowest BCUT2D eigenvalue weighted by Gasteiger charge is -2.27. The second-order valence-corrected chi connectivity index (χ2v) is 5.93. The van der Waals surface area contributed by atoms with Crippen LogP contribution < -0.4 is 0 Å². The lowest BCUT2D eigenvalue weighted by Crippen LogP contribution is -2.36. The zero-order valence-corrected chi connectivity index (χ0v) is 12.7. The molecule has 21 heavy (non-hydrogen) atoms. The van der Waals surface area contributed by atoms with E-state index in [1.165, 1.54) is 6.08 Å². The van der Waals surface area contributed by atoms with Gasteiger partial charge in [-0.05, 0) is 46.6 Å². The van der Waals surface area contributed by atoms with E-state index in [4.69, 9.17) is 9.26 Å². The van der Waals surface area contributed by atoms with Gasteiger partial charge in [-0.1, -0.05) is 5.16 Å². The summed E-state index contributed by atoms with van der Waals surface area (Å²) in [7, 11) is 0. The van der Waals surface area contributed by atoms with Crippen molar-refractivity contribution >= 4 is 11.9 Å². The summed E-state index contributed by atoms with van der Waals surface area (Å²) in [5.41, 5.74) is -0.566. The Hall–Kier alpha value is -1.92. The van der Waals surface area contributed by atoms with Gasteiger partial charge in [0.05, 0.1) is 6.04 Å². The average Bonchev–Trinajstić information content (AvgIpc) is 3.03. The molecule has 1 fully saturated rings. The van der Waals surface area contributed by atoms with Gasteiger partial charge in [0.2, 0.25) is 0 Å². The Kier molecular flexibility index (Phi) is 4.29. The molecule has 1 unspecified atom stereocenters. The van der Waals surface area contributed by atoms with Crippen LogP contribution in [0.15, 0.2) is 10.6 Å². The molecule has 1 aromatic heterocycles. The number of aromatic nitrogens is 2.